The van der Waals surface area contributed by atoms with Gasteiger partial charge >= 0.3 is 0 Å². The van der Waals surface area contributed by atoms with Gasteiger partial charge in [-0.3, -0.25) is 4.79 Å². The predicted molar refractivity (Wildman–Crippen MR) is 77.2 cm³/mol. The van der Waals surface area contributed by atoms with E-state index in [-0.39, 0.29) is 5.91 Å². The summed E-state index contributed by atoms with van der Waals surface area (Å²) in [6.45, 7) is 0.932. The molecule has 1 aromatic heterocycles. The van der Waals surface area contributed by atoms with E-state index in [9.17, 15) is 4.79 Å². The van der Waals surface area contributed by atoms with Crippen molar-refractivity contribution in [2.24, 2.45) is 5.92 Å². The van der Waals surface area contributed by atoms with Crippen LogP contribution in [-0.4, -0.2) is 28.4 Å². The fourth-order valence-electron chi connectivity index (χ4n) is 2.90. The lowest BCUT2D eigenvalue weighted by Crippen LogP contribution is -2.42. The van der Waals surface area contributed by atoms with Crippen LogP contribution in [0.3, 0.4) is 0 Å². The predicted octanol–water partition coefficient (Wildman–Crippen LogP) is 2.91. The summed E-state index contributed by atoms with van der Waals surface area (Å²) in [5.74, 6) is 0.879. The minimum atomic E-state index is 0.146. The summed E-state index contributed by atoms with van der Waals surface area (Å²) in [5.41, 5.74) is 5.65. The molecular weight excluding hydrogens is 258 g/mol. The molecule has 0 radical (unpaired) electrons. The van der Waals surface area contributed by atoms with Gasteiger partial charge in [0, 0.05) is 12.6 Å². The van der Waals surface area contributed by atoms with Crippen LogP contribution in [0.5, 0.6) is 0 Å². The highest BCUT2D eigenvalue weighted by molar-refractivity contribution is 7.17. The number of amides is 1. The van der Waals surface area contributed by atoms with Crippen molar-refractivity contribution in [2.75, 3.05) is 12.3 Å². The second kappa shape index (κ2) is 5.49. The van der Waals surface area contributed by atoms with Crippen LogP contribution in [0.25, 0.3) is 0 Å². The first-order valence-electron chi connectivity index (χ1n) is 7.26. The number of aromatic nitrogens is 1. The standard InChI is InChI=1S/C14H21N3OS/c15-14-16-8-12(19-14)13(18)17(9-10-6-7-10)11-4-2-1-3-5-11/h8,10-11H,1-7,9H2,(H2,15,16). The molecule has 2 saturated carbocycles. The first kappa shape index (κ1) is 12.9. The molecule has 2 N–H and O–H groups in total. The van der Waals surface area contributed by atoms with E-state index in [1.807, 2.05) is 0 Å². The van der Waals surface area contributed by atoms with Crippen molar-refractivity contribution in [1.29, 1.82) is 0 Å². The number of thiazole rings is 1. The van der Waals surface area contributed by atoms with E-state index in [0.717, 1.165) is 25.3 Å². The Hall–Kier alpha value is -1.10. The van der Waals surface area contributed by atoms with Gasteiger partial charge in [0.25, 0.3) is 5.91 Å². The van der Waals surface area contributed by atoms with Crippen molar-refractivity contribution in [2.45, 2.75) is 51.0 Å². The van der Waals surface area contributed by atoms with Crippen molar-refractivity contribution in [3.63, 3.8) is 0 Å². The molecule has 1 aromatic rings. The summed E-state index contributed by atoms with van der Waals surface area (Å²) >= 11 is 1.31. The van der Waals surface area contributed by atoms with Crippen LogP contribution in [0.15, 0.2) is 6.20 Å². The van der Waals surface area contributed by atoms with E-state index in [1.54, 1.807) is 6.20 Å². The quantitative estimate of drug-likeness (QED) is 0.922. The third-order valence-electron chi connectivity index (χ3n) is 4.16. The Morgan fingerprint density at radius 3 is 2.63 bits per heavy atom. The highest BCUT2D eigenvalue weighted by Crippen LogP contribution is 2.33. The molecule has 0 saturated heterocycles. The highest BCUT2D eigenvalue weighted by Gasteiger charge is 2.32. The largest absolute Gasteiger partial charge is 0.375 e. The molecule has 5 heteroatoms. The zero-order chi connectivity index (χ0) is 13.2. The highest BCUT2D eigenvalue weighted by atomic mass is 32.1. The van der Waals surface area contributed by atoms with Crippen molar-refractivity contribution in [1.82, 2.24) is 9.88 Å². The molecule has 0 aliphatic heterocycles. The molecule has 2 fully saturated rings. The number of carbonyl (C=O) groups is 1. The fraction of sp³-hybridized carbons (Fsp3) is 0.714. The summed E-state index contributed by atoms with van der Waals surface area (Å²) in [7, 11) is 0. The van der Waals surface area contributed by atoms with Gasteiger partial charge < -0.3 is 10.6 Å². The maximum absolute atomic E-state index is 12.7. The molecule has 0 aromatic carbocycles. The summed E-state index contributed by atoms with van der Waals surface area (Å²) < 4.78 is 0. The topological polar surface area (TPSA) is 59.2 Å². The Morgan fingerprint density at radius 1 is 1.32 bits per heavy atom. The van der Waals surface area contributed by atoms with Crippen LogP contribution in [0.2, 0.25) is 0 Å². The van der Waals surface area contributed by atoms with E-state index in [1.165, 1.54) is 43.4 Å². The number of nitrogens with two attached hydrogens (primary N) is 1. The van der Waals surface area contributed by atoms with Crippen LogP contribution in [0, 0.1) is 5.92 Å². The molecule has 0 atom stereocenters. The van der Waals surface area contributed by atoms with Crippen LogP contribution >= 0.6 is 11.3 Å². The third-order valence-corrected chi connectivity index (χ3v) is 4.98. The number of carbonyl (C=O) groups excluding carboxylic acids is 1. The first-order chi connectivity index (χ1) is 9.24. The zero-order valence-electron chi connectivity index (χ0n) is 11.2. The summed E-state index contributed by atoms with van der Waals surface area (Å²) in [4.78, 5) is 19.5. The first-order valence-corrected chi connectivity index (χ1v) is 8.08. The van der Waals surface area contributed by atoms with E-state index in [0.29, 0.717) is 16.1 Å². The third kappa shape index (κ3) is 3.08. The average Bonchev–Trinajstić information content (AvgIpc) is 3.16. The SMILES string of the molecule is Nc1ncc(C(=O)N(CC2CC2)C2CCCCC2)s1. The smallest absolute Gasteiger partial charge is 0.265 e. The van der Waals surface area contributed by atoms with Gasteiger partial charge in [0.2, 0.25) is 0 Å². The number of nitrogen functional groups attached to an aromatic ring is 1. The number of nitrogens with zero attached hydrogens (tertiary/aromatic N) is 2. The molecule has 2 aliphatic carbocycles. The number of hydrogen-bond donors (Lipinski definition) is 1. The van der Waals surface area contributed by atoms with E-state index in [4.69, 9.17) is 5.73 Å². The maximum Gasteiger partial charge on any atom is 0.265 e. The number of rotatable bonds is 4. The molecule has 1 heterocycles. The molecule has 104 valence electrons. The summed E-state index contributed by atoms with van der Waals surface area (Å²) in [5, 5.41) is 0.485. The van der Waals surface area contributed by atoms with Crippen LogP contribution in [0.4, 0.5) is 5.13 Å². The van der Waals surface area contributed by atoms with Crippen molar-refractivity contribution < 1.29 is 4.79 Å². The van der Waals surface area contributed by atoms with Gasteiger partial charge in [-0.25, -0.2) is 4.98 Å². The van der Waals surface area contributed by atoms with E-state index in [2.05, 4.69) is 9.88 Å². The average molecular weight is 279 g/mol. The fourth-order valence-corrected chi connectivity index (χ4v) is 3.54. The van der Waals surface area contributed by atoms with E-state index < -0.39 is 0 Å². The second-order valence-electron chi connectivity index (χ2n) is 5.76. The van der Waals surface area contributed by atoms with Gasteiger partial charge in [-0.2, -0.15) is 0 Å². The van der Waals surface area contributed by atoms with Gasteiger partial charge in [0.15, 0.2) is 5.13 Å². The Morgan fingerprint density at radius 2 is 2.05 bits per heavy atom. The van der Waals surface area contributed by atoms with Gasteiger partial charge in [-0.05, 0) is 31.6 Å². The Balaban J connectivity index is 1.74. The second-order valence-corrected chi connectivity index (χ2v) is 6.82. The Labute approximate surface area is 118 Å². The van der Waals surface area contributed by atoms with Crippen LogP contribution in [-0.2, 0) is 0 Å². The lowest BCUT2D eigenvalue weighted by Gasteiger charge is -2.34. The molecule has 4 nitrogen and oxygen atoms in total. The van der Waals surface area contributed by atoms with Gasteiger partial charge in [-0.1, -0.05) is 30.6 Å². The Kier molecular flexibility index (Phi) is 3.73. The van der Waals surface area contributed by atoms with E-state index >= 15 is 0 Å². The van der Waals surface area contributed by atoms with Crippen molar-refractivity contribution >= 4 is 22.4 Å². The summed E-state index contributed by atoms with van der Waals surface area (Å²) in [6.07, 6.45) is 10.3. The molecule has 2 aliphatic rings. The molecule has 0 unspecified atom stereocenters. The minimum absolute atomic E-state index is 0.146. The summed E-state index contributed by atoms with van der Waals surface area (Å²) in [6, 6.07) is 0.435. The number of hydrogen-bond acceptors (Lipinski definition) is 4. The lowest BCUT2D eigenvalue weighted by atomic mass is 9.94. The normalized spacial score (nSPS) is 20.4. The van der Waals surface area contributed by atoms with Crippen molar-refractivity contribution in [3.8, 4) is 0 Å². The van der Waals surface area contributed by atoms with Gasteiger partial charge in [0.05, 0.1) is 6.20 Å². The molecule has 0 spiro atoms. The molecular formula is C14H21N3OS. The minimum Gasteiger partial charge on any atom is -0.375 e. The molecule has 1 amide bonds. The zero-order valence-corrected chi connectivity index (χ0v) is 12.0. The Bertz CT molecular complexity index is 449. The van der Waals surface area contributed by atoms with Crippen LogP contribution < -0.4 is 5.73 Å². The van der Waals surface area contributed by atoms with Gasteiger partial charge in [0.1, 0.15) is 4.88 Å². The number of anilines is 1. The maximum atomic E-state index is 12.7. The monoisotopic (exact) mass is 279 g/mol. The lowest BCUT2D eigenvalue weighted by molar-refractivity contribution is 0.0627. The molecule has 19 heavy (non-hydrogen) atoms. The van der Waals surface area contributed by atoms with Crippen molar-refractivity contribution in [3.05, 3.63) is 11.1 Å². The van der Waals surface area contributed by atoms with Gasteiger partial charge in [-0.15, -0.1) is 0 Å². The molecule has 0 bridgehead atoms. The van der Waals surface area contributed by atoms with Crippen LogP contribution in [0.1, 0.15) is 54.6 Å². The molecule has 3 rings (SSSR count).